The number of rotatable bonds is 5. The molecule has 0 saturated heterocycles. The number of hydrogen-bond donors (Lipinski definition) is 2. The highest BCUT2D eigenvalue weighted by atomic mass is 19.1. The first-order chi connectivity index (χ1) is 8.69. The summed E-state index contributed by atoms with van der Waals surface area (Å²) in [6, 6.07) is 0. The van der Waals surface area contributed by atoms with Gasteiger partial charge in [-0.15, -0.1) is 0 Å². The molecule has 0 aromatic carbocycles. The lowest BCUT2D eigenvalue weighted by Gasteiger charge is -2.07. The van der Waals surface area contributed by atoms with E-state index in [1.54, 1.807) is 17.9 Å². The lowest BCUT2D eigenvalue weighted by atomic mass is 10.4. The minimum atomic E-state index is -0.467. The fourth-order valence-corrected chi connectivity index (χ4v) is 1.49. The van der Waals surface area contributed by atoms with Crippen molar-refractivity contribution < 1.29 is 4.39 Å². The first-order valence-electron chi connectivity index (χ1n) is 5.62. The Morgan fingerprint density at radius 1 is 1.39 bits per heavy atom. The molecular formula is C11H15FN6. The van der Waals surface area contributed by atoms with Crippen molar-refractivity contribution in [1.29, 1.82) is 0 Å². The number of anilines is 2. The molecule has 0 aliphatic rings. The zero-order valence-corrected chi connectivity index (χ0v) is 10.3. The van der Waals surface area contributed by atoms with Gasteiger partial charge in [-0.1, -0.05) is 0 Å². The normalized spacial score (nSPS) is 10.4. The molecule has 96 valence electrons. The van der Waals surface area contributed by atoms with Gasteiger partial charge in [-0.05, 0) is 12.5 Å². The number of aromatic nitrogens is 4. The maximum atomic E-state index is 13.4. The smallest absolute Gasteiger partial charge is 0.224 e. The van der Waals surface area contributed by atoms with E-state index < -0.39 is 5.82 Å². The number of halogens is 1. The van der Waals surface area contributed by atoms with Crippen molar-refractivity contribution >= 4 is 11.8 Å². The van der Waals surface area contributed by atoms with Crippen molar-refractivity contribution in [2.75, 3.05) is 24.2 Å². The van der Waals surface area contributed by atoms with Crippen molar-refractivity contribution in [3.63, 3.8) is 0 Å². The molecule has 7 heteroatoms. The topological polar surface area (TPSA) is 67.7 Å². The maximum absolute atomic E-state index is 13.4. The van der Waals surface area contributed by atoms with Gasteiger partial charge < -0.3 is 10.6 Å². The fourth-order valence-electron chi connectivity index (χ4n) is 1.49. The predicted octanol–water partition coefficient (Wildman–Crippen LogP) is 1.27. The Bertz CT molecular complexity index is 524. The third kappa shape index (κ3) is 2.93. The van der Waals surface area contributed by atoms with Crippen LogP contribution in [0.25, 0.3) is 0 Å². The second-order valence-corrected chi connectivity index (χ2v) is 3.85. The summed E-state index contributed by atoms with van der Waals surface area (Å²) in [7, 11) is 1.68. The first kappa shape index (κ1) is 12.3. The Labute approximate surface area is 104 Å². The van der Waals surface area contributed by atoms with Crippen LogP contribution in [0.5, 0.6) is 0 Å². The van der Waals surface area contributed by atoms with Crippen LogP contribution in [0.15, 0.2) is 18.6 Å². The van der Waals surface area contributed by atoms with Crippen LogP contribution in [-0.4, -0.2) is 33.3 Å². The Morgan fingerprint density at radius 2 is 2.22 bits per heavy atom. The van der Waals surface area contributed by atoms with Crippen molar-refractivity contribution in [1.82, 2.24) is 19.7 Å². The summed E-state index contributed by atoms with van der Waals surface area (Å²) in [5, 5.41) is 9.82. The van der Waals surface area contributed by atoms with Crippen LogP contribution in [0.2, 0.25) is 0 Å². The quantitative estimate of drug-likeness (QED) is 0.836. The van der Waals surface area contributed by atoms with Crippen molar-refractivity contribution in [2.24, 2.45) is 0 Å². The van der Waals surface area contributed by atoms with E-state index >= 15 is 0 Å². The minimum absolute atomic E-state index is 0.193. The Kier molecular flexibility index (Phi) is 3.71. The van der Waals surface area contributed by atoms with E-state index in [9.17, 15) is 4.39 Å². The monoisotopic (exact) mass is 250 g/mol. The van der Waals surface area contributed by atoms with E-state index in [2.05, 4.69) is 25.7 Å². The van der Waals surface area contributed by atoms with Crippen LogP contribution >= 0.6 is 0 Å². The van der Waals surface area contributed by atoms with Crippen LogP contribution in [0.1, 0.15) is 5.56 Å². The summed E-state index contributed by atoms with van der Waals surface area (Å²) in [5.74, 6) is 0.109. The van der Waals surface area contributed by atoms with E-state index in [1.165, 1.54) is 0 Å². The molecule has 0 aliphatic carbocycles. The lowest BCUT2D eigenvalue weighted by Crippen LogP contribution is -2.13. The van der Waals surface area contributed by atoms with Crippen molar-refractivity contribution in [3.8, 4) is 0 Å². The van der Waals surface area contributed by atoms with E-state index in [0.29, 0.717) is 19.0 Å². The van der Waals surface area contributed by atoms with Gasteiger partial charge in [0.15, 0.2) is 11.6 Å². The molecule has 0 atom stereocenters. The number of aryl methyl sites for hydroxylation is 1. The Morgan fingerprint density at radius 3 is 2.89 bits per heavy atom. The zero-order valence-electron chi connectivity index (χ0n) is 10.3. The molecule has 18 heavy (non-hydrogen) atoms. The van der Waals surface area contributed by atoms with E-state index in [4.69, 9.17) is 0 Å². The Balaban J connectivity index is 1.93. The van der Waals surface area contributed by atoms with Gasteiger partial charge in [0, 0.05) is 19.8 Å². The molecule has 2 rings (SSSR count). The SMILES string of the molecule is CNc1ncc(F)c(NCCn2cc(C)cn2)n1. The van der Waals surface area contributed by atoms with E-state index in [0.717, 1.165) is 11.8 Å². The van der Waals surface area contributed by atoms with Gasteiger partial charge in [0.2, 0.25) is 5.95 Å². The number of hydrogen-bond acceptors (Lipinski definition) is 5. The second-order valence-electron chi connectivity index (χ2n) is 3.85. The fraction of sp³-hybridized carbons (Fsp3) is 0.364. The molecule has 2 aromatic rings. The maximum Gasteiger partial charge on any atom is 0.224 e. The minimum Gasteiger partial charge on any atom is -0.366 e. The average Bonchev–Trinajstić information content (AvgIpc) is 2.77. The third-order valence-corrected chi connectivity index (χ3v) is 2.36. The predicted molar refractivity (Wildman–Crippen MR) is 67.0 cm³/mol. The molecule has 2 aromatic heterocycles. The molecule has 0 radical (unpaired) electrons. The average molecular weight is 250 g/mol. The largest absolute Gasteiger partial charge is 0.366 e. The van der Waals surface area contributed by atoms with Crippen LogP contribution in [-0.2, 0) is 6.54 Å². The van der Waals surface area contributed by atoms with Crippen LogP contribution in [0.3, 0.4) is 0 Å². The third-order valence-electron chi connectivity index (χ3n) is 2.36. The van der Waals surface area contributed by atoms with Gasteiger partial charge in [0.1, 0.15) is 0 Å². The van der Waals surface area contributed by atoms with E-state index in [1.807, 2.05) is 13.1 Å². The van der Waals surface area contributed by atoms with Crippen LogP contribution in [0.4, 0.5) is 16.2 Å². The molecule has 0 saturated carbocycles. The summed E-state index contributed by atoms with van der Waals surface area (Å²) < 4.78 is 15.2. The van der Waals surface area contributed by atoms with Gasteiger partial charge in [0.25, 0.3) is 0 Å². The second kappa shape index (κ2) is 5.44. The summed E-state index contributed by atoms with van der Waals surface area (Å²) in [6.07, 6.45) is 4.85. The standard InChI is InChI=1S/C11H15FN6/c1-8-5-16-18(7-8)4-3-14-10-9(12)6-15-11(13-2)17-10/h5-7H,3-4H2,1-2H3,(H2,13,14,15,17). The van der Waals surface area contributed by atoms with Crippen molar-refractivity contribution in [2.45, 2.75) is 13.5 Å². The molecule has 0 bridgehead atoms. The molecule has 0 fully saturated rings. The zero-order chi connectivity index (χ0) is 13.0. The van der Waals surface area contributed by atoms with Gasteiger partial charge in [-0.3, -0.25) is 4.68 Å². The van der Waals surface area contributed by atoms with Crippen molar-refractivity contribution in [3.05, 3.63) is 30.0 Å². The summed E-state index contributed by atoms with van der Waals surface area (Å²) in [5.41, 5.74) is 1.10. The highest BCUT2D eigenvalue weighted by molar-refractivity contribution is 5.40. The van der Waals surface area contributed by atoms with Gasteiger partial charge in [0.05, 0.1) is 18.9 Å². The van der Waals surface area contributed by atoms with E-state index in [-0.39, 0.29) is 5.82 Å². The molecule has 2 heterocycles. The molecular weight excluding hydrogens is 235 g/mol. The molecule has 6 nitrogen and oxygen atoms in total. The molecule has 0 aliphatic heterocycles. The summed E-state index contributed by atoms with van der Waals surface area (Å²) in [6.45, 7) is 3.16. The summed E-state index contributed by atoms with van der Waals surface area (Å²) >= 11 is 0. The lowest BCUT2D eigenvalue weighted by molar-refractivity contribution is 0.607. The molecule has 0 unspecified atom stereocenters. The van der Waals surface area contributed by atoms with Gasteiger partial charge in [-0.2, -0.15) is 10.1 Å². The Hall–Kier alpha value is -2.18. The number of nitrogens with zero attached hydrogens (tertiary/aromatic N) is 4. The highest BCUT2D eigenvalue weighted by Crippen LogP contribution is 2.10. The summed E-state index contributed by atoms with van der Waals surface area (Å²) in [4.78, 5) is 7.76. The first-order valence-corrected chi connectivity index (χ1v) is 5.62. The molecule has 2 N–H and O–H groups in total. The number of nitrogens with one attached hydrogen (secondary N) is 2. The molecule has 0 amide bonds. The van der Waals surface area contributed by atoms with Gasteiger partial charge in [-0.25, -0.2) is 9.37 Å². The van der Waals surface area contributed by atoms with Crippen LogP contribution in [0, 0.1) is 12.7 Å². The van der Waals surface area contributed by atoms with Gasteiger partial charge >= 0.3 is 0 Å². The van der Waals surface area contributed by atoms with Crippen LogP contribution < -0.4 is 10.6 Å². The highest BCUT2D eigenvalue weighted by Gasteiger charge is 2.05. The molecule has 0 spiro atoms.